The Morgan fingerprint density at radius 1 is 1.43 bits per heavy atom. The molecule has 0 unspecified atom stereocenters. The second kappa shape index (κ2) is 6.27. The second-order valence-corrected chi connectivity index (χ2v) is 7.88. The van der Waals surface area contributed by atoms with E-state index in [0.717, 1.165) is 0 Å². The third-order valence-corrected chi connectivity index (χ3v) is 4.63. The number of carbonyl (C=O) groups is 1. The van der Waals surface area contributed by atoms with E-state index in [2.05, 4.69) is 9.97 Å². The van der Waals surface area contributed by atoms with Crippen LogP contribution in [0.3, 0.4) is 0 Å². The summed E-state index contributed by atoms with van der Waals surface area (Å²) in [5, 5.41) is 0.465. The molecule has 1 aromatic heterocycles. The minimum atomic E-state index is -1.36. The van der Waals surface area contributed by atoms with Gasteiger partial charge in [0.15, 0.2) is 0 Å². The van der Waals surface area contributed by atoms with Crippen LogP contribution in [-0.4, -0.2) is 49.1 Å². The summed E-state index contributed by atoms with van der Waals surface area (Å²) in [5.41, 5.74) is -0.534. The van der Waals surface area contributed by atoms with E-state index >= 15 is 0 Å². The molecule has 6 nitrogen and oxygen atoms in total. The summed E-state index contributed by atoms with van der Waals surface area (Å²) in [7, 11) is -1.36. The summed E-state index contributed by atoms with van der Waals surface area (Å²) in [5.74, 6) is 0. The smallest absolute Gasteiger partial charge is 0.410 e. The van der Waals surface area contributed by atoms with Crippen LogP contribution in [0.15, 0.2) is 17.6 Å². The SMILES string of the molecule is CC(C)(C)OC(=O)N1CC[C@H]([S@](=O)c2ncc(Cl)cn2)C1. The number of halogens is 1. The Morgan fingerprint density at radius 2 is 2.05 bits per heavy atom. The molecule has 2 heterocycles. The van der Waals surface area contributed by atoms with Gasteiger partial charge in [-0.1, -0.05) is 11.6 Å². The van der Waals surface area contributed by atoms with Crippen LogP contribution in [0.1, 0.15) is 27.2 Å². The van der Waals surface area contributed by atoms with Crippen LogP contribution >= 0.6 is 11.6 Å². The van der Waals surface area contributed by atoms with Crippen molar-refractivity contribution in [1.82, 2.24) is 14.9 Å². The number of nitrogens with zero attached hydrogens (tertiary/aromatic N) is 3. The van der Waals surface area contributed by atoms with Gasteiger partial charge in [0.25, 0.3) is 0 Å². The molecule has 1 fully saturated rings. The van der Waals surface area contributed by atoms with Crippen molar-refractivity contribution in [3.05, 3.63) is 17.4 Å². The zero-order valence-corrected chi connectivity index (χ0v) is 13.8. The average Bonchev–Trinajstić information content (AvgIpc) is 2.86. The third kappa shape index (κ3) is 4.38. The van der Waals surface area contributed by atoms with Crippen LogP contribution in [0.4, 0.5) is 4.79 Å². The summed E-state index contributed by atoms with van der Waals surface area (Å²) in [6.45, 7) is 6.36. The fraction of sp³-hybridized carbons (Fsp3) is 0.615. The van der Waals surface area contributed by atoms with Gasteiger partial charge in [0, 0.05) is 13.1 Å². The molecular weight excluding hydrogens is 314 g/mol. The van der Waals surface area contributed by atoms with Gasteiger partial charge in [-0.2, -0.15) is 0 Å². The lowest BCUT2D eigenvalue weighted by atomic mass is 10.2. The van der Waals surface area contributed by atoms with Crippen LogP contribution in [0, 0.1) is 0 Å². The number of rotatable bonds is 2. The molecule has 21 heavy (non-hydrogen) atoms. The Labute approximate surface area is 131 Å². The van der Waals surface area contributed by atoms with Gasteiger partial charge < -0.3 is 9.64 Å². The predicted octanol–water partition coefficient (Wildman–Crippen LogP) is 2.25. The van der Waals surface area contributed by atoms with Crippen molar-refractivity contribution < 1.29 is 13.7 Å². The zero-order chi connectivity index (χ0) is 15.6. The van der Waals surface area contributed by atoms with Gasteiger partial charge in [0.1, 0.15) is 5.60 Å². The molecular formula is C13H18ClN3O3S. The Hall–Kier alpha value is -1.21. The van der Waals surface area contributed by atoms with Gasteiger partial charge in [-0.15, -0.1) is 0 Å². The van der Waals surface area contributed by atoms with E-state index in [-0.39, 0.29) is 16.5 Å². The molecule has 1 aromatic rings. The lowest BCUT2D eigenvalue weighted by Gasteiger charge is -2.24. The monoisotopic (exact) mass is 331 g/mol. The number of likely N-dealkylation sites (tertiary alicyclic amines) is 1. The van der Waals surface area contributed by atoms with Crippen LogP contribution in [-0.2, 0) is 15.5 Å². The number of amides is 1. The van der Waals surface area contributed by atoms with Crippen molar-refractivity contribution in [3.8, 4) is 0 Å². The fourth-order valence-electron chi connectivity index (χ4n) is 1.95. The third-order valence-electron chi connectivity index (χ3n) is 2.88. The molecule has 8 heteroatoms. The lowest BCUT2D eigenvalue weighted by Crippen LogP contribution is -2.36. The highest BCUT2D eigenvalue weighted by Gasteiger charge is 2.34. The highest BCUT2D eigenvalue weighted by atomic mass is 35.5. The normalized spacial score (nSPS) is 20.4. The van der Waals surface area contributed by atoms with E-state index in [4.69, 9.17) is 16.3 Å². The van der Waals surface area contributed by atoms with Gasteiger partial charge in [-0.05, 0) is 27.2 Å². The van der Waals surface area contributed by atoms with Crippen molar-refractivity contribution in [2.75, 3.05) is 13.1 Å². The Morgan fingerprint density at radius 3 is 2.62 bits per heavy atom. The van der Waals surface area contributed by atoms with E-state index in [1.807, 2.05) is 20.8 Å². The molecule has 1 amide bonds. The first-order valence-electron chi connectivity index (χ1n) is 6.62. The summed E-state index contributed by atoms with van der Waals surface area (Å²) >= 11 is 5.71. The maximum absolute atomic E-state index is 12.4. The molecule has 1 aliphatic heterocycles. The number of carbonyl (C=O) groups excluding carboxylic acids is 1. The fourth-order valence-corrected chi connectivity index (χ4v) is 3.29. The number of hydrogen-bond donors (Lipinski definition) is 0. The molecule has 0 bridgehead atoms. The minimum Gasteiger partial charge on any atom is -0.444 e. The summed E-state index contributed by atoms with van der Waals surface area (Å²) in [4.78, 5) is 21.5. The van der Waals surface area contributed by atoms with Crippen LogP contribution in [0.5, 0.6) is 0 Å². The zero-order valence-electron chi connectivity index (χ0n) is 12.2. The summed E-state index contributed by atoms with van der Waals surface area (Å²) < 4.78 is 17.7. The van der Waals surface area contributed by atoms with Crippen molar-refractivity contribution in [2.24, 2.45) is 0 Å². The van der Waals surface area contributed by atoms with Gasteiger partial charge in [-0.25, -0.2) is 14.8 Å². The standard InChI is InChI=1S/C13H18ClN3O3S/c1-13(2,3)20-12(18)17-5-4-10(8-17)21(19)11-15-6-9(14)7-16-11/h6-7,10H,4-5,8H2,1-3H3/t10-,21-/m0/s1. The van der Waals surface area contributed by atoms with E-state index in [1.165, 1.54) is 12.4 Å². The van der Waals surface area contributed by atoms with Crippen molar-refractivity contribution >= 4 is 28.5 Å². The Balaban J connectivity index is 1.97. The van der Waals surface area contributed by atoms with E-state index < -0.39 is 16.4 Å². The molecule has 116 valence electrons. The molecule has 2 rings (SSSR count). The molecule has 1 aliphatic rings. The Kier molecular flexibility index (Phi) is 4.83. The van der Waals surface area contributed by atoms with Gasteiger partial charge in [0.05, 0.1) is 33.5 Å². The van der Waals surface area contributed by atoms with E-state index in [9.17, 15) is 9.00 Å². The number of hydrogen-bond acceptors (Lipinski definition) is 5. The quantitative estimate of drug-likeness (QED) is 0.777. The lowest BCUT2D eigenvalue weighted by molar-refractivity contribution is 0.0295. The van der Waals surface area contributed by atoms with Crippen LogP contribution < -0.4 is 0 Å². The topological polar surface area (TPSA) is 72.4 Å². The summed E-state index contributed by atoms with van der Waals surface area (Å²) in [6.07, 6.45) is 3.10. The highest BCUT2D eigenvalue weighted by Crippen LogP contribution is 2.21. The maximum atomic E-state index is 12.4. The molecule has 0 N–H and O–H groups in total. The first kappa shape index (κ1) is 16.2. The van der Waals surface area contributed by atoms with Crippen LogP contribution in [0.2, 0.25) is 5.02 Å². The molecule has 1 saturated heterocycles. The molecule has 0 spiro atoms. The maximum Gasteiger partial charge on any atom is 0.410 e. The predicted molar refractivity (Wildman–Crippen MR) is 79.7 cm³/mol. The molecule has 0 aromatic carbocycles. The minimum absolute atomic E-state index is 0.182. The van der Waals surface area contributed by atoms with Gasteiger partial charge in [-0.3, -0.25) is 4.21 Å². The second-order valence-electron chi connectivity index (χ2n) is 5.82. The highest BCUT2D eigenvalue weighted by molar-refractivity contribution is 7.85. The van der Waals surface area contributed by atoms with Crippen molar-refractivity contribution in [1.29, 1.82) is 0 Å². The molecule has 0 saturated carbocycles. The Bertz CT molecular complexity index is 545. The molecule has 2 atom stereocenters. The van der Waals surface area contributed by atoms with Gasteiger partial charge in [0.2, 0.25) is 5.16 Å². The first-order chi connectivity index (χ1) is 9.76. The number of aromatic nitrogens is 2. The van der Waals surface area contributed by atoms with E-state index in [1.54, 1.807) is 4.90 Å². The van der Waals surface area contributed by atoms with Crippen LogP contribution in [0.25, 0.3) is 0 Å². The van der Waals surface area contributed by atoms with Gasteiger partial charge >= 0.3 is 6.09 Å². The largest absolute Gasteiger partial charge is 0.444 e. The summed E-state index contributed by atoms with van der Waals surface area (Å²) in [6, 6.07) is 0. The van der Waals surface area contributed by atoms with Crippen molar-refractivity contribution in [3.63, 3.8) is 0 Å². The van der Waals surface area contributed by atoms with E-state index in [0.29, 0.717) is 24.5 Å². The number of ether oxygens (including phenoxy) is 1. The average molecular weight is 332 g/mol. The molecule has 0 radical (unpaired) electrons. The molecule has 0 aliphatic carbocycles. The van der Waals surface area contributed by atoms with Crippen molar-refractivity contribution in [2.45, 2.75) is 43.2 Å². The first-order valence-corrected chi connectivity index (χ1v) is 8.21.